The number of hydrogen-bond donors (Lipinski definition) is 0. The number of benzene rings is 2. The second-order valence-electron chi connectivity index (χ2n) is 6.51. The molecular formula is C21H17N5O2S. The first-order chi connectivity index (χ1) is 14.2. The minimum atomic E-state index is 0.271. The summed E-state index contributed by atoms with van der Waals surface area (Å²) < 4.78 is 12.7. The van der Waals surface area contributed by atoms with Crippen molar-refractivity contribution in [3.8, 4) is 22.1 Å². The molecule has 0 aliphatic heterocycles. The maximum atomic E-state index is 5.84. The number of methoxy groups -OCH3 is 1. The average Bonchev–Trinajstić information content (AvgIpc) is 3.33. The van der Waals surface area contributed by atoms with Gasteiger partial charge in [-0.25, -0.2) is 0 Å². The molecule has 0 amide bonds. The highest BCUT2D eigenvalue weighted by Crippen LogP contribution is 2.32. The van der Waals surface area contributed by atoms with Gasteiger partial charge in [0.1, 0.15) is 23.1 Å². The van der Waals surface area contributed by atoms with Crippen molar-refractivity contribution < 1.29 is 9.47 Å². The van der Waals surface area contributed by atoms with Crippen LogP contribution >= 0.6 is 11.3 Å². The van der Waals surface area contributed by atoms with Crippen LogP contribution in [0.25, 0.3) is 26.4 Å². The van der Waals surface area contributed by atoms with Gasteiger partial charge in [0.25, 0.3) is 0 Å². The number of rotatable bonds is 5. The number of fused-ring (bicyclic) bond motifs is 2. The summed E-state index contributed by atoms with van der Waals surface area (Å²) >= 11 is 1.50. The van der Waals surface area contributed by atoms with Crippen LogP contribution in [0.3, 0.4) is 0 Å². The molecule has 0 spiro atoms. The van der Waals surface area contributed by atoms with Crippen LogP contribution < -0.4 is 9.47 Å². The molecule has 0 N–H and O–H groups in total. The van der Waals surface area contributed by atoms with Crippen LogP contribution in [0.2, 0.25) is 0 Å². The van der Waals surface area contributed by atoms with Gasteiger partial charge in [-0.1, -0.05) is 29.5 Å². The van der Waals surface area contributed by atoms with Crippen LogP contribution in [0.5, 0.6) is 11.5 Å². The molecule has 144 valence electrons. The summed E-state index contributed by atoms with van der Waals surface area (Å²) in [7, 11) is 1.64. The zero-order valence-corrected chi connectivity index (χ0v) is 16.7. The van der Waals surface area contributed by atoms with Gasteiger partial charge < -0.3 is 9.47 Å². The van der Waals surface area contributed by atoms with Gasteiger partial charge >= 0.3 is 0 Å². The maximum Gasteiger partial charge on any atom is 0.235 e. The zero-order valence-electron chi connectivity index (χ0n) is 15.9. The number of aromatic nitrogens is 5. The van der Waals surface area contributed by atoms with Crippen molar-refractivity contribution in [3.05, 3.63) is 66.1 Å². The highest BCUT2D eigenvalue weighted by Gasteiger charge is 2.16. The predicted molar refractivity (Wildman–Crippen MR) is 111 cm³/mol. The predicted octanol–water partition coefficient (Wildman–Crippen LogP) is 4.30. The molecule has 0 aliphatic carbocycles. The summed E-state index contributed by atoms with van der Waals surface area (Å²) in [6.07, 6.45) is 0. The minimum Gasteiger partial charge on any atom is -0.497 e. The first-order valence-corrected chi connectivity index (χ1v) is 9.87. The summed E-state index contributed by atoms with van der Waals surface area (Å²) in [4.78, 5) is 5.34. The summed E-state index contributed by atoms with van der Waals surface area (Å²) in [5.41, 5.74) is 2.95. The van der Waals surface area contributed by atoms with Crippen molar-refractivity contribution in [1.82, 2.24) is 24.8 Å². The third kappa shape index (κ3) is 3.27. The van der Waals surface area contributed by atoms with Crippen molar-refractivity contribution in [2.45, 2.75) is 13.5 Å². The number of ether oxygens (including phenoxy) is 2. The Kier molecular flexibility index (Phi) is 4.33. The van der Waals surface area contributed by atoms with E-state index in [2.05, 4.69) is 27.3 Å². The van der Waals surface area contributed by atoms with E-state index in [1.54, 1.807) is 11.6 Å². The van der Waals surface area contributed by atoms with Gasteiger partial charge in [0.15, 0.2) is 5.82 Å². The molecule has 5 rings (SSSR count). The summed E-state index contributed by atoms with van der Waals surface area (Å²) in [6.45, 7) is 2.26. The monoisotopic (exact) mass is 403 g/mol. The van der Waals surface area contributed by atoms with Gasteiger partial charge in [0.05, 0.1) is 12.6 Å². The van der Waals surface area contributed by atoms with Crippen molar-refractivity contribution in [2.24, 2.45) is 0 Å². The Morgan fingerprint density at radius 1 is 1.00 bits per heavy atom. The minimum absolute atomic E-state index is 0.271. The van der Waals surface area contributed by atoms with E-state index in [9.17, 15) is 0 Å². The molecule has 7 nitrogen and oxygen atoms in total. The Labute approximate surface area is 170 Å². The standard InChI is InChI=1S/C21H17N5O2S/c1-13-11-17(16-5-3-4-6-18(16)22-13)20-25-26-19(23-24-21(26)29-20)12-28-15-9-7-14(27-2)8-10-15/h3-11H,12H2,1-2H3. The van der Waals surface area contributed by atoms with Crippen LogP contribution in [0.15, 0.2) is 54.6 Å². The van der Waals surface area contributed by atoms with Gasteiger partial charge in [-0.3, -0.25) is 4.98 Å². The lowest BCUT2D eigenvalue weighted by atomic mass is 10.1. The molecule has 0 bridgehead atoms. The number of aryl methyl sites for hydroxylation is 1. The first-order valence-electron chi connectivity index (χ1n) is 9.06. The molecule has 3 heterocycles. The molecule has 0 unspecified atom stereocenters. The summed E-state index contributed by atoms with van der Waals surface area (Å²) in [5, 5.41) is 15.2. The Morgan fingerprint density at radius 3 is 2.62 bits per heavy atom. The van der Waals surface area contributed by atoms with E-state index >= 15 is 0 Å². The Bertz CT molecular complexity index is 1310. The van der Waals surface area contributed by atoms with E-state index in [-0.39, 0.29) is 6.61 Å². The highest BCUT2D eigenvalue weighted by molar-refractivity contribution is 7.19. The molecule has 0 saturated heterocycles. The Balaban J connectivity index is 1.47. The van der Waals surface area contributed by atoms with E-state index in [1.165, 1.54) is 11.3 Å². The lowest BCUT2D eigenvalue weighted by Gasteiger charge is -2.05. The van der Waals surface area contributed by atoms with Crippen molar-refractivity contribution in [1.29, 1.82) is 0 Å². The molecular weight excluding hydrogens is 386 g/mol. The molecule has 0 fully saturated rings. The second kappa shape index (κ2) is 7.14. The molecule has 0 saturated carbocycles. The lowest BCUT2D eigenvalue weighted by molar-refractivity contribution is 0.292. The fraction of sp³-hybridized carbons (Fsp3) is 0.143. The first kappa shape index (κ1) is 17.6. The van der Waals surface area contributed by atoms with Gasteiger partial charge in [-0.05, 0) is 43.3 Å². The summed E-state index contributed by atoms with van der Waals surface area (Å²) in [5.74, 6) is 2.16. The van der Waals surface area contributed by atoms with Crippen molar-refractivity contribution >= 4 is 27.2 Å². The van der Waals surface area contributed by atoms with E-state index in [0.29, 0.717) is 5.82 Å². The summed E-state index contributed by atoms with van der Waals surface area (Å²) in [6, 6.07) is 17.6. The normalized spacial score (nSPS) is 11.2. The van der Waals surface area contributed by atoms with Crippen LogP contribution in [0.1, 0.15) is 11.5 Å². The molecule has 0 aliphatic rings. The smallest absolute Gasteiger partial charge is 0.235 e. The van der Waals surface area contributed by atoms with Gasteiger partial charge in [-0.2, -0.15) is 9.61 Å². The SMILES string of the molecule is COc1ccc(OCc2nnc3sc(-c4cc(C)nc5ccccc45)nn23)cc1. The molecule has 0 atom stereocenters. The molecule has 5 aromatic rings. The fourth-order valence-electron chi connectivity index (χ4n) is 3.16. The lowest BCUT2D eigenvalue weighted by Crippen LogP contribution is -2.02. The van der Waals surface area contributed by atoms with Crippen molar-refractivity contribution in [3.63, 3.8) is 0 Å². The van der Waals surface area contributed by atoms with E-state index in [1.807, 2.05) is 49.4 Å². The van der Waals surface area contributed by atoms with Gasteiger partial charge in [0, 0.05) is 16.6 Å². The topological polar surface area (TPSA) is 74.4 Å². The molecule has 0 radical (unpaired) electrons. The van der Waals surface area contributed by atoms with Crippen LogP contribution in [0.4, 0.5) is 0 Å². The Morgan fingerprint density at radius 2 is 1.79 bits per heavy atom. The van der Waals surface area contributed by atoms with E-state index in [0.717, 1.165) is 43.6 Å². The average molecular weight is 403 g/mol. The molecule has 8 heteroatoms. The van der Waals surface area contributed by atoms with Gasteiger partial charge in [-0.15, -0.1) is 10.2 Å². The van der Waals surface area contributed by atoms with Crippen LogP contribution in [-0.2, 0) is 6.61 Å². The van der Waals surface area contributed by atoms with Crippen LogP contribution in [-0.4, -0.2) is 31.9 Å². The maximum absolute atomic E-state index is 5.84. The number of hydrogen-bond acceptors (Lipinski definition) is 7. The molecule has 2 aromatic carbocycles. The Hall–Kier alpha value is -3.52. The third-order valence-corrected chi connectivity index (χ3v) is 5.49. The van der Waals surface area contributed by atoms with E-state index < -0.39 is 0 Å². The molecule has 29 heavy (non-hydrogen) atoms. The zero-order chi connectivity index (χ0) is 19.8. The number of nitrogens with zero attached hydrogens (tertiary/aromatic N) is 5. The van der Waals surface area contributed by atoms with E-state index in [4.69, 9.17) is 14.6 Å². The van der Waals surface area contributed by atoms with Gasteiger partial charge in [0.2, 0.25) is 4.96 Å². The third-order valence-electron chi connectivity index (χ3n) is 4.56. The van der Waals surface area contributed by atoms with Crippen molar-refractivity contribution in [2.75, 3.05) is 7.11 Å². The number of para-hydroxylation sites is 1. The largest absolute Gasteiger partial charge is 0.497 e. The highest BCUT2D eigenvalue weighted by atomic mass is 32.1. The molecule has 3 aromatic heterocycles. The second-order valence-corrected chi connectivity index (χ2v) is 7.47. The number of pyridine rings is 1. The quantitative estimate of drug-likeness (QED) is 0.436. The fourth-order valence-corrected chi connectivity index (χ4v) is 4.05. The van der Waals surface area contributed by atoms with Crippen LogP contribution in [0, 0.1) is 6.92 Å².